The van der Waals surface area contributed by atoms with Gasteiger partial charge in [0.1, 0.15) is 11.6 Å². The van der Waals surface area contributed by atoms with E-state index < -0.39 is 5.60 Å². The van der Waals surface area contributed by atoms with Gasteiger partial charge in [-0.25, -0.2) is 9.98 Å². The average molecular weight is 584 g/mol. The molecule has 43 heavy (non-hydrogen) atoms. The Labute approximate surface area is 252 Å². The molecule has 0 unspecified atom stereocenters. The quantitative estimate of drug-likeness (QED) is 0.347. The van der Waals surface area contributed by atoms with Crippen molar-refractivity contribution in [1.82, 2.24) is 29.7 Å². The summed E-state index contributed by atoms with van der Waals surface area (Å²) in [5.41, 5.74) is 4.63. The molecule has 6 rings (SSSR count). The Bertz CT molecular complexity index is 1530. The van der Waals surface area contributed by atoms with E-state index in [9.17, 15) is 9.90 Å². The van der Waals surface area contributed by atoms with Crippen LogP contribution in [0.2, 0.25) is 0 Å². The lowest BCUT2D eigenvalue weighted by atomic mass is 9.90. The molecule has 6 heterocycles. The highest BCUT2D eigenvalue weighted by Crippen LogP contribution is 2.36. The van der Waals surface area contributed by atoms with E-state index in [1.807, 2.05) is 49.1 Å². The number of carbonyl (C=O) groups excluding carboxylic acids is 1. The van der Waals surface area contributed by atoms with Crippen LogP contribution in [0.15, 0.2) is 48.4 Å². The van der Waals surface area contributed by atoms with Gasteiger partial charge in [0.15, 0.2) is 0 Å². The third-order valence-corrected chi connectivity index (χ3v) is 8.92. The Morgan fingerprint density at radius 2 is 1.88 bits per heavy atom. The van der Waals surface area contributed by atoms with Crippen LogP contribution in [0.5, 0.6) is 0 Å². The number of nitrogens with one attached hydrogen (secondary N) is 2. The molecule has 0 bridgehead atoms. The minimum atomic E-state index is -0.641. The second-order valence-electron chi connectivity index (χ2n) is 11.9. The third-order valence-electron chi connectivity index (χ3n) is 8.92. The molecule has 0 aliphatic carbocycles. The van der Waals surface area contributed by atoms with Crippen molar-refractivity contribution in [2.24, 2.45) is 12.0 Å². The maximum Gasteiger partial charge on any atom is 0.254 e. The monoisotopic (exact) mass is 583 g/mol. The number of carbonyl (C=O) groups is 1. The van der Waals surface area contributed by atoms with Crippen LogP contribution in [0.3, 0.4) is 0 Å². The number of nitrogens with zero attached hydrogens (tertiary/aromatic N) is 7. The molecule has 0 aromatic carbocycles. The molecule has 11 heteroatoms. The maximum atomic E-state index is 12.9. The highest BCUT2D eigenvalue weighted by molar-refractivity contribution is 6.05. The SMILES string of the molecule is C=C(c1ccn(C)c1/N=C\C)c1ncc(Nc2ccc(N3CCC(O)(CN4CCN(C)CC4)CC3)cn2)c2c1CNC2=O. The van der Waals surface area contributed by atoms with Crippen LogP contribution in [0.4, 0.5) is 23.0 Å². The van der Waals surface area contributed by atoms with Gasteiger partial charge in [-0.3, -0.25) is 14.7 Å². The molecule has 1 amide bonds. The van der Waals surface area contributed by atoms with Gasteiger partial charge in [0.05, 0.1) is 40.6 Å². The van der Waals surface area contributed by atoms with E-state index in [4.69, 9.17) is 4.98 Å². The highest BCUT2D eigenvalue weighted by Gasteiger charge is 2.35. The van der Waals surface area contributed by atoms with E-state index in [-0.39, 0.29) is 5.91 Å². The van der Waals surface area contributed by atoms with Crippen molar-refractivity contribution in [2.75, 3.05) is 63.1 Å². The number of likely N-dealkylation sites (N-methyl/N-ethyl adjacent to an activating group) is 1. The summed E-state index contributed by atoms with van der Waals surface area (Å²) in [7, 11) is 4.09. The zero-order valence-corrected chi connectivity index (χ0v) is 25.3. The molecular formula is C32H41N9O2. The lowest BCUT2D eigenvalue weighted by Crippen LogP contribution is -2.54. The number of piperidine rings is 1. The molecule has 2 saturated heterocycles. The van der Waals surface area contributed by atoms with E-state index in [2.05, 4.69) is 48.9 Å². The number of hydrogen-bond acceptors (Lipinski definition) is 9. The van der Waals surface area contributed by atoms with E-state index in [1.165, 1.54) is 0 Å². The predicted octanol–water partition coefficient (Wildman–Crippen LogP) is 3.16. The summed E-state index contributed by atoms with van der Waals surface area (Å²) >= 11 is 0. The van der Waals surface area contributed by atoms with Crippen LogP contribution in [0, 0.1) is 0 Å². The lowest BCUT2D eigenvalue weighted by molar-refractivity contribution is -0.0250. The summed E-state index contributed by atoms with van der Waals surface area (Å²) in [5, 5.41) is 17.5. The number of hydrogen-bond donors (Lipinski definition) is 3. The summed E-state index contributed by atoms with van der Waals surface area (Å²) in [6, 6.07) is 5.93. The van der Waals surface area contributed by atoms with Crippen molar-refractivity contribution >= 4 is 40.7 Å². The molecule has 0 atom stereocenters. The molecule has 226 valence electrons. The van der Waals surface area contributed by atoms with Crippen molar-refractivity contribution < 1.29 is 9.90 Å². The Hall–Kier alpha value is -4.06. The van der Waals surface area contributed by atoms with E-state index in [1.54, 1.807) is 12.4 Å². The fourth-order valence-corrected chi connectivity index (χ4v) is 6.31. The van der Waals surface area contributed by atoms with Gasteiger partial charge < -0.3 is 30.1 Å². The first-order valence-corrected chi connectivity index (χ1v) is 15.0. The Morgan fingerprint density at radius 1 is 1.12 bits per heavy atom. The fraction of sp³-hybridized carbons (Fsp3) is 0.438. The largest absolute Gasteiger partial charge is 0.388 e. The first-order valence-electron chi connectivity index (χ1n) is 15.0. The standard InChI is InChI=1S/C32H41N9O2/c1-5-33-30-24(8-11-39(30)4)22(2)29-25-19-36-31(42)28(25)26(20-35-29)37-27-7-6-23(18-34-27)41-12-9-32(43,10-13-41)21-40-16-14-38(3)15-17-40/h5-8,11,18,20,43H,2,9-10,12-17,19,21H2,1,3-4H3,(H,34,37)(H,36,42)/b33-5-. The number of pyridine rings is 2. The van der Waals surface area contributed by atoms with Gasteiger partial charge in [-0.2, -0.15) is 0 Å². The van der Waals surface area contributed by atoms with Gasteiger partial charge in [0, 0.05) is 88.5 Å². The Kier molecular flexibility index (Phi) is 8.04. The minimum Gasteiger partial charge on any atom is -0.388 e. The number of β-amino-alcohol motifs (C(OH)–C–C–N with tert-alkyl or cyclic N) is 1. The molecular weight excluding hydrogens is 542 g/mol. The number of rotatable bonds is 8. The minimum absolute atomic E-state index is 0.150. The molecule has 2 fully saturated rings. The summed E-state index contributed by atoms with van der Waals surface area (Å²) in [5.74, 6) is 1.27. The Balaban J connectivity index is 1.13. The zero-order chi connectivity index (χ0) is 30.1. The smallest absolute Gasteiger partial charge is 0.254 e. The maximum absolute atomic E-state index is 12.9. The molecule has 0 radical (unpaired) electrons. The highest BCUT2D eigenvalue weighted by atomic mass is 16.3. The molecule has 3 aliphatic rings. The molecule has 3 aromatic heterocycles. The molecule has 3 aliphatic heterocycles. The van der Waals surface area contributed by atoms with Crippen molar-refractivity contribution in [3.63, 3.8) is 0 Å². The first-order chi connectivity index (χ1) is 20.7. The normalized spacial score (nSPS) is 19.1. The van der Waals surface area contributed by atoms with Gasteiger partial charge in [-0.1, -0.05) is 6.58 Å². The third kappa shape index (κ3) is 5.93. The number of fused-ring (bicyclic) bond motifs is 1. The van der Waals surface area contributed by atoms with Crippen LogP contribution in [-0.2, 0) is 13.6 Å². The van der Waals surface area contributed by atoms with Gasteiger partial charge in [-0.15, -0.1) is 0 Å². The number of aliphatic hydroxyl groups is 1. The van der Waals surface area contributed by atoms with Crippen molar-refractivity contribution in [3.05, 3.63) is 65.8 Å². The van der Waals surface area contributed by atoms with E-state index in [0.29, 0.717) is 29.3 Å². The zero-order valence-electron chi connectivity index (χ0n) is 25.3. The molecule has 11 nitrogen and oxygen atoms in total. The number of aliphatic imine (C=N–C) groups is 1. The van der Waals surface area contributed by atoms with Crippen molar-refractivity contribution in [1.29, 1.82) is 0 Å². The number of aryl methyl sites for hydroxylation is 1. The molecule has 0 saturated carbocycles. The molecule has 0 spiro atoms. The van der Waals surface area contributed by atoms with Crippen LogP contribution in [-0.4, -0.2) is 100 Å². The number of aromatic nitrogens is 3. The Morgan fingerprint density at radius 3 is 2.58 bits per heavy atom. The van der Waals surface area contributed by atoms with E-state index >= 15 is 0 Å². The number of amides is 1. The van der Waals surface area contributed by atoms with Crippen LogP contribution in [0.1, 0.15) is 46.9 Å². The van der Waals surface area contributed by atoms with Crippen molar-refractivity contribution in [3.8, 4) is 0 Å². The number of anilines is 3. The second kappa shape index (κ2) is 11.9. The first kappa shape index (κ1) is 29.0. The van der Waals surface area contributed by atoms with Gasteiger partial charge in [0.2, 0.25) is 0 Å². The summed E-state index contributed by atoms with van der Waals surface area (Å²) < 4.78 is 1.94. The van der Waals surface area contributed by atoms with Crippen LogP contribution >= 0.6 is 0 Å². The fourth-order valence-electron chi connectivity index (χ4n) is 6.31. The van der Waals surface area contributed by atoms with Gasteiger partial charge >= 0.3 is 0 Å². The van der Waals surface area contributed by atoms with Gasteiger partial charge in [0.25, 0.3) is 5.91 Å². The topological polar surface area (TPSA) is 114 Å². The average Bonchev–Trinajstić information content (AvgIpc) is 3.58. The van der Waals surface area contributed by atoms with E-state index in [0.717, 1.165) is 86.9 Å². The summed E-state index contributed by atoms with van der Waals surface area (Å²) in [4.78, 5) is 33.8. The number of piperazine rings is 1. The van der Waals surface area contributed by atoms with Crippen molar-refractivity contribution in [2.45, 2.75) is 31.9 Å². The summed E-state index contributed by atoms with van der Waals surface area (Å²) in [6.45, 7) is 13.0. The molecule has 3 N–H and O–H groups in total. The van der Waals surface area contributed by atoms with Crippen LogP contribution < -0.4 is 15.5 Å². The second-order valence-corrected chi connectivity index (χ2v) is 11.9. The van der Waals surface area contributed by atoms with Gasteiger partial charge in [-0.05, 0) is 45.0 Å². The predicted molar refractivity (Wildman–Crippen MR) is 171 cm³/mol. The summed E-state index contributed by atoms with van der Waals surface area (Å²) in [6.07, 6.45) is 8.69. The lowest BCUT2D eigenvalue weighted by Gasteiger charge is -2.43. The van der Waals surface area contributed by atoms with Crippen LogP contribution in [0.25, 0.3) is 5.57 Å². The molecule has 3 aromatic rings.